The Labute approximate surface area is 135 Å². The first-order chi connectivity index (χ1) is 10.9. The lowest BCUT2D eigenvalue weighted by Gasteiger charge is -2.05. The number of hydrogen-bond donors (Lipinski definition) is 2. The second kappa shape index (κ2) is 6.96. The molecule has 0 fully saturated rings. The lowest BCUT2D eigenvalue weighted by atomic mass is 10.0. The molecule has 0 aliphatic rings. The lowest BCUT2D eigenvalue weighted by molar-refractivity contribution is 0.415. The summed E-state index contributed by atoms with van der Waals surface area (Å²) in [6, 6.07) is 15.8. The number of nitriles is 1. The number of nitrogens with two attached hydrogens (primary N) is 1. The van der Waals surface area contributed by atoms with Crippen LogP contribution in [-0.4, -0.2) is 15.5 Å². The van der Waals surface area contributed by atoms with Crippen molar-refractivity contribution in [2.75, 3.05) is 11.8 Å². The van der Waals surface area contributed by atoms with Crippen LogP contribution >= 0.6 is 0 Å². The van der Waals surface area contributed by atoms with E-state index in [9.17, 15) is 13.7 Å². The molecule has 0 amide bonds. The predicted molar refractivity (Wildman–Crippen MR) is 89.6 cm³/mol. The Morgan fingerprint density at radius 3 is 2.26 bits per heavy atom. The number of nitrogens with zero attached hydrogens (tertiary/aromatic N) is 1. The van der Waals surface area contributed by atoms with Gasteiger partial charge in [-0.05, 0) is 41.5 Å². The van der Waals surface area contributed by atoms with E-state index in [4.69, 9.17) is 9.88 Å². The van der Waals surface area contributed by atoms with Gasteiger partial charge in [-0.3, -0.25) is 4.72 Å². The number of methoxy groups -OCH3 is 1. The maximum Gasteiger partial charge on any atom is 0.296 e. The smallest absolute Gasteiger partial charge is 0.296 e. The molecular formula is C16H15N3O3S. The Balaban J connectivity index is 2.26. The first-order valence-corrected chi connectivity index (χ1v) is 8.13. The summed E-state index contributed by atoms with van der Waals surface area (Å²) in [4.78, 5) is 0. The van der Waals surface area contributed by atoms with Crippen molar-refractivity contribution in [3.63, 3.8) is 0 Å². The molecule has 7 heteroatoms. The topological polar surface area (TPSA) is 105 Å². The Hall–Kier alpha value is -2.82. The summed E-state index contributed by atoms with van der Waals surface area (Å²) in [5, 5.41) is 14.2. The Morgan fingerprint density at radius 1 is 1.17 bits per heavy atom. The summed E-state index contributed by atoms with van der Waals surface area (Å²) in [6.07, 6.45) is 1.74. The van der Waals surface area contributed by atoms with Gasteiger partial charge >= 0.3 is 0 Å². The summed E-state index contributed by atoms with van der Waals surface area (Å²) in [5.74, 6) is 0.735. The highest BCUT2D eigenvalue weighted by Crippen LogP contribution is 2.21. The number of nitrogens with one attached hydrogen (secondary N) is 1. The SMILES string of the molecule is COc1ccc(C=C(C#N)c2ccc(NS(N)(=O)=O)cc2)cc1. The van der Waals surface area contributed by atoms with Crippen LogP contribution in [0.1, 0.15) is 11.1 Å². The van der Waals surface area contributed by atoms with Crippen molar-refractivity contribution < 1.29 is 13.2 Å². The maximum absolute atomic E-state index is 11.0. The fourth-order valence-electron chi connectivity index (χ4n) is 1.93. The van der Waals surface area contributed by atoms with E-state index in [2.05, 4.69) is 10.8 Å². The first kappa shape index (κ1) is 16.5. The molecule has 6 nitrogen and oxygen atoms in total. The number of ether oxygens (including phenoxy) is 1. The monoisotopic (exact) mass is 329 g/mol. The minimum Gasteiger partial charge on any atom is -0.497 e. The molecule has 0 heterocycles. The largest absolute Gasteiger partial charge is 0.497 e. The lowest BCUT2D eigenvalue weighted by Crippen LogP contribution is -2.21. The molecule has 0 spiro atoms. The van der Waals surface area contributed by atoms with E-state index in [1.807, 2.05) is 12.1 Å². The van der Waals surface area contributed by atoms with Crippen molar-refractivity contribution in [3.8, 4) is 11.8 Å². The zero-order chi connectivity index (χ0) is 16.9. The molecule has 3 N–H and O–H groups in total. The molecule has 2 rings (SSSR count). The third kappa shape index (κ3) is 4.85. The maximum atomic E-state index is 11.0. The fourth-order valence-corrected chi connectivity index (χ4v) is 2.39. The van der Waals surface area contributed by atoms with Crippen molar-refractivity contribution in [2.24, 2.45) is 5.14 Å². The quantitative estimate of drug-likeness (QED) is 0.649. The predicted octanol–water partition coefficient (Wildman–Crippen LogP) is 2.37. The van der Waals surface area contributed by atoms with Crippen molar-refractivity contribution in [1.29, 1.82) is 5.26 Å². The van der Waals surface area contributed by atoms with Gasteiger partial charge in [0, 0.05) is 5.69 Å². The number of hydrogen-bond acceptors (Lipinski definition) is 4. The highest BCUT2D eigenvalue weighted by molar-refractivity contribution is 7.90. The second-order valence-corrected chi connectivity index (χ2v) is 5.96. The summed E-state index contributed by atoms with van der Waals surface area (Å²) < 4.78 is 29.2. The van der Waals surface area contributed by atoms with Gasteiger partial charge in [0.2, 0.25) is 0 Å². The van der Waals surface area contributed by atoms with Crippen LogP contribution in [0.3, 0.4) is 0 Å². The minimum absolute atomic E-state index is 0.331. The van der Waals surface area contributed by atoms with Crippen molar-refractivity contribution >= 4 is 27.5 Å². The normalized spacial score (nSPS) is 11.6. The van der Waals surface area contributed by atoms with E-state index in [1.165, 1.54) is 0 Å². The van der Waals surface area contributed by atoms with Crippen LogP contribution in [0.15, 0.2) is 48.5 Å². The first-order valence-electron chi connectivity index (χ1n) is 6.58. The zero-order valence-corrected chi connectivity index (χ0v) is 13.2. The third-order valence-electron chi connectivity index (χ3n) is 3.00. The second-order valence-electron chi connectivity index (χ2n) is 4.67. The van der Waals surface area contributed by atoms with E-state index in [0.29, 0.717) is 16.8 Å². The van der Waals surface area contributed by atoms with Crippen LogP contribution in [-0.2, 0) is 10.2 Å². The van der Waals surface area contributed by atoms with Crippen LogP contribution in [0, 0.1) is 11.3 Å². The molecule has 2 aromatic rings. The van der Waals surface area contributed by atoms with E-state index in [-0.39, 0.29) is 0 Å². The summed E-state index contributed by atoms with van der Waals surface area (Å²) >= 11 is 0. The van der Waals surface area contributed by atoms with Crippen molar-refractivity contribution in [1.82, 2.24) is 0 Å². The number of benzene rings is 2. The van der Waals surface area contributed by atoms with Gasteiger partial charge in [-0.2, -0.15) is 13.7 Å². The molecule has 0 aliphatic heterocycles. The molecule has 0 saturated carbocycles. The van der Waals surface area contributed by atoms with Gasteiger partial charge in [-0.15, -0.1) is 0 Å². The fraction of sp³-hybridized carbons (Fsp3) is 0.0625. The van der Waals surface area contributed by atoms with Crippen LogP contribution in [0.2, 0.25) is 0 Å². The third-order valence-corrected chi connectivity index (χ3v) is 3.52. The van der Waals surface area contributed by atoms with E-state index in [0.717, 1.165) is 11.3 Å². The molecule has 0 saturated heterocycles. The Kier molecular flexibility index (Phi) is 5.01. The summed E-state index contributed by atoms with van der Waals surface area (Å²) in [6.45, 7) is 0. The van der Waals surface area contributed by atoms with Crippen LogP contribution in [0.5, 0.6) is 5.75 Å². The van der Waals surface area contributed by atoms with Gasteiger partial charge in [0.1, 0.15) is 5.75 Å². The minimum atomic E-state index is -3.81. The Morgan fingerprint density at radius 2 is 1.78 bits per heavy atom. The summed E-state index contributed by atoms with van der Waals surface area (Å²) in [7, 11) is -2.23. The van der Waals surface area contributed by atoms with Crippen molar-refractivity contribution in [3.05, 3.63) is 59.7 Å². The highest BCUT2D eigenvalue weighted by atomic mass is 32.2. The standard InChI is InChI=1S/C16H15N3O3S/c1-22-16-8-2-12(3-9-16)10-14(11-17)13-4-6-15(7-5-13)19-23(18,20)21/h2-10,19H,1H3,(H2,18,20,21). The molecule has 23 heavy (non-hydrogen) atoms. The van der Waals surface area contributed by atoms with E-state index in [1.54, 1.807) is 49.6 Å². The molecule has 0 bridgehead atoms. The molecule has 0 radical (unpaired) electrons. The van der Waals surface area contributed by atoms with Gasteiger partial charge in [0.25, 0.3) is 10.2 Å². The number of anilines is 1. The van der Waals surface area contributed by atoms with Crippen LogP contribution in [0.25, 0.3) is 11.6 Å². The molecule has 2 aromatic carbocycles. The molecule has 0 unspecified atom stereocenters. The molecule has 0 aliphatic carbocycles. The highest BCUT2D eigenvalue weighted by Gasteiger charge is 2.05. The van der Waals surface area contributed by atoms with E-state index < -0.39 is 10.2 Å². The van der Waals surface area contributed by atoms with Crippen LogP contribution in [0.4, 0.5) is 5.69 Å². The number of rotatable bonds is 5. The van der Waals surface area contributed by atoms with Gasteiger partial charge in [-0.1, -0.05) is 24.3 Å². The Bertz CT molecular complexity index is 849. The van der Waals surface area contributed by atoms with E-state index >= 15 is 0 Å². The van der Waals surface area contributed by atoms with Gasteiger partial charge < -0.3 is 4.74 Å². The van der Waals surface area contributed by atoms with Crippen molar-refractivity contribution in [2.45, 2.75) is 0 Å². The number of allylic oxidation sites excluding steroid dienone is 1. The van der Waals surface area contributed by atoms with Gasteiger partial charge in [0.15, 0.2) is 0 Å². The van der Waals surface area contributed by atoms with Gasteiger partial charge in [0.05, 0.1) is 18.8 Å². The molecule has 0 atom stereocenters. The molecule has 118 valence electrons. The molecular weight excluding hydrogens is 314 g/mol. The van der Waals surface area contributed by atoms with Crippen LogP contribution < -0.4 is 14.6 Å². The zero-order valence-electron chi connectivity index (χ0n) is 12.4. The average molecular weight is 329 g/mol. The average Bonchev–Trinajstić information content (AvgIpc) is 2.52. The van der Waals surface area contributed by atoms with Gasteiger partial charge in [-0.25, -0.2) is 5.14 Å². The molecule has 0 aromatic heterocycles. The summed E-state index contributed by atoms with van der Waals surface area (Å²) in [5.41, 5.74) is 2.31.